The molecule has 0 aliphatic carbocycles. The molecule has 0 fully saturated rings. The van der Waals surface area contributed by atoms with E-state index in [-0.39, 0.29) is 0 Å². The molecule has 18 heavy (non-hydrogen) atoms. The topological polar surface area (TPSA) is 112 Å². The molecule has 0 bridgehead atoms. The number of alkyl halides is 6. The maximum atomic E-state index is 10.6. The molecule has 0 saturated heterocycles. The van der Waals surface area contributed by atoms with Gasteiger partial charge in [0.25, 0.3) is 9.76 Å². The third kappa shape index (κ3) is 24.3. The third-order valence-electron chi connectivity index (χ3n) is 0.485. The van der Waals surface area contributed by atoms with Crippen LogP contribution in [0.3, 0.4) is 0 Å². The van der Waals surface area contributed by atoms with Crippen molar-refractivity contribution in [3.8, 4) is 0 Å². The SMILES string of the molecule is CC(=O)O.O=C(O)C(Cl)(Cl)Cl.O=C(O)C(F)(F)F. The second kappa shape index (κ2) is 9.06. The highest BCUT2D eigenvalue weighted by atomic mass is 35.6. The minimum absolute atomic E-state index is 0.833. The first kappa shape index (κ1) is 22.3. The van der Waals surface area contributed by atoms with Crippen molar-refractivity contribution in [3.63, 3.8) is 0 Å². The lowest BCUT2D eigenvalue weighted by molar-refractivity contribution is -0.192. The van der Waals surface area contributed by atoms with Crippen molar-refractivity contribution in [1.29, 1.82) is 0 Å². The molecule has 12 heteroatoms. The quantitative estimate of drug-likeness (QED) is 0.584. The molecule has 0 aromatic heterocycles. The number of hydrogen-bond acceptors (Lipinski definition) is 3. The maximum absolute atomic E-state index is 10.6. The van der Waals surface area contributed by atoms with Gasteiger partial charge in [-0.3, -0.25) is 4.79 Å². The van der Waals surface area contributed by atoms with Crippen LogP contribution in [0.25, 0.3) is 0 Å². The van der Waals surface area contributed by atoms with Crippen LogP contribution in [-0.2, 0) is 14.4 Å². The van der Waals surface area contributed by atoms with E-state index in [1.807, 2.05) is 0 Å². The van der Waals surface area contributed by atoms with Gasteiger partial charge in [0.2, 0.25) is 0 Å². The Morgan fingerprint density at radius 1 is 0.889 bits per heavy atom. The van der Waals surface area contributed by atoms with Crippen LogP contribution in [0, 0.1) is 0 Å². The summed E-state index contributed by atoms with van der Waals surface area (Å²) in [7, 11) is 0. The van der Waals surface area contributed by atoms with Crippen molar-refractivity contribution in [1.82, 2.24) is 0 Å². The van der Waals surface area contributed by atoms with Crippen LogP contribution < -0.4 is 0 Å². The second-order valence-electron chi connectivity index (χ2n) is 2.12. The number of aliphatic carboxylic acids is 3. The summed E-state index contributed by atoms with van der Waals surface area (Å²) >= 11 is 14.4. The summed E-state index contributed by atoms with van der Waals surface area (Å²) < 4.78 is 29.6. The van der Waals surface area contributed by atoms with Crippen molar-refractivity contribution >= 4 is 52.7 Å². The molecule has 6 nitrogen and oxygen atoms in total. The molecule has 0 rings (SSSR count). The van der Waals surface area contributed by atoms with Crippen LogP contribution >= 0.6 is 34.8 Å². The molecule has 0 aromatic rings. The lowest BCUT2D eigenvalue weighted by atomic mass is 10.7. The van der Waals surface area contributed by atoms with Gasteiger partial charge in [-0.25, -0.2) is 9.59 Å². The number of carbonyl (C=O) groups is 3. The van der Waals surface area contributed by atoms with Gasteiger partial charge < -0.3 is 15.3 Å². The lowest BCUT2D eigenvalue weighted by Gasteiger charge is -1.99. The van der Waals surface area contributed by atoms with E-state index in [0.29, 0.717) is 0 Å². The van der Waals surface area contributed by atoms with Crippen LogP contribution in [0.1, 0.15) is 6.92 Å². The highest BCUT2D eigenvalue weighted by Crippen LogP contribution is 2.25. The molecule has 0 heterocycles. The van der Waals surface area contributed by atoms with Gasteiger partial charge in [0.15, 0.2) is 0 Å². The van der Waals surface area contributed by atoms with Crippen LogP contribution in [0.5, 0.6) is 0 Å². The van der Waals surface area contributed by atoms with Gasteiger partial charge in [-0.05, 0) is 0 Å². The molecule has 0 radical (unpaired) electrons. The minimum Gasteiger partial charge on any atom is -0.481 e. The van der Waals surface area contributed by atoms with Crippen molar-refractivity contribution in [2.24, 2.45) is 0 Å². The number of carboxylic acids is 3. The van der Waals surface area contributed by atoms with Gasteiger partial charge in [-0.2, -0.15) is 13.2 Å². The molecule has 0 aliphatic rings. The smallest absolute Gasteiger partial charge is 0.481 e. The molecule has 0 unspecified atom stereocenters. The van der Waals surface area contributed by atoms with Crippen molar-refractivity contribution in [2.75, 3.05) is 0 Å². The fourth-order valence-electron chi connectivity index (χ4n) is 0. The number of halogens is 6. The highest BCUT2D eigenvalue weighted by molar-refractivity contribution is 6.75. The Morgan fingerprint density at radius 3 is 1.00 bits per heavy atom. The summed E-state index contributed by atoms with van der Waals surface area (Å²) in [6.45, 7) is 1.08. The molecule has 0 amide bonds. The zero-order valence-corrected chi connectivity index (χ0v) is 10.6. The second-order valence-corrected chi connectivity index (χ2v) is 4.41. The Bertz CT molecular complexity index is 270. The van der Waals surface area contributed by atoms with Crippen molar-refractivity contribution in [2.45, 2.75) is 16.9 Å². The van der Waals surface area contributed by atoms with Crippen LogP contribution in [0.15, 0.2) is 0 Å². The predicted octanol–water partition coefficient (Wildman–Crippen LogP) is 2.17. The molecular weight excluding hydrogens is 331 g/mol. The van der Waals surface area contributed by atoms with Gasteiger partial charge in [-0.15, -0.1) is 0 Å². The zero-order valence-electron chi connectivity index (χ0n) is 8.33. The summed E-state index contributed by atoms with van der Waals surface area (Å²) in [6, 6.07) is 0. The van der Waals surface area contributed by atoms with Gasteiger partial charge in [0, 0.05) is 6.92 Å². The molecule has 0 saturated carbocycles. The monoisotopic (exact) mass is 336 g/mol. The minimum atomic E-state index is -5.08. The molecule has 0 atom stereocenters. The standard InChI is InChI=1S/C2HCl3O2.C2HF3O2.C2H4O2/c2*3-2(4,5)1(6)7;1-2(3)4/h2*(H,6,7);1H3,(H,3,4). The molecular formula is C6H6Cl3F3O6. The average molecular weight is 337 g/mol. The van der Waals surface area contributed by atoms with Crippen LogP contribution in [-0.4, -0.2) is 43.2 Å². The van der Waals surface area contributed by atoms with E-state index in [4.69, 9.17) is 59.7 Å². The van der Waals surface area contributed by atoms with E-state index in [1.165, 1.54) is 0 Å². The fourth-order valence-corrected chi connectivity index (χ4v) is 0. The van der Waals surface area contributed by atoms with E-state index in [1.54, 1.807) is 0 Å². The van der Waals surface area contributed by atoms with Gasteiger partial charge >= 0.3 is 18.1 Å². The molecule has 0 aromatic carbocycles. The molecule has 0 aliphatic heterocycles. The van der Waals surface area contributed by atoms with E-state index >= 15 is 0 Å². The predicted molar refractivity (Wildman–Crippen MR) is 54.9 cm³/mol. The zero-order chi connectivity index (χ0) is 15.7. The van der Waals surface area contributed by atoms with Crippen LogP contribution in [0.2, 0.25) is 0 Å². The Balaban J connectivity index is -0.000000196. The fraction of sp³-hybridized carbons (Fsp3) is 0.500. The van der Waals surface area contributed by atoms with E-state index < -0.39 is 27.9 Å². The highest BCUT2D eigenvalue weighted by Gasteiger charge is 2.38. The third-order valence-corrected chi connectivity index (χ3v) is 0.970. The summed E-state index contributed by atoms with van der Waals surface area (Å²) in [5, 5.41) is 22.4. The maximum Gasteiger partial charge on any atom is 0.490 e. The average Bonchev–Trinajstić information content (AvgIpc) is 1.99. The normalized spacial score (nSPS) is 10.2. The van der Waals surface area contributed by atoms with E-state index in [9.17, 15) is 18.0 Å². The van der Waals surface area contributed by atoms with Gasteiger partial charge in [0.1, 0.15) is 0 Å². The van der Waals surface area contributed by atoms with Crippen molar-refractivity contribution < 1.29 is 42.9 Å². The number of carboxylic acid groups (broad SMARTS) is 3. The Labute approximate surface area is 113 Å². The largest absolute Gasteiger partial charge is 0.490 e. The van der Waals surface area contributed by atoms with Gasteiger partial charge in [0.05, 0.1) is 0 Å². The van der Waals surface area contributed by atoms with Gasteiger partial charge in [-0.1, -0.05) is 34.8 Å². The first-order valence-corrected chi connectivity index (χ1v) is 4.55. The summed E-state index contributed by atoms with van der Waals surface area (Å²) in [6.07, 6.45) is -5.08. The van der Waals surface area contributed by atoms with Crippen LogP contribution in [0.4, 0.5) is 13.2 Å². The Kier molecular flexibility index (Phi) is 11.2. The lowest BCUT2D eigenvalue weighted by Crippen LogP contribution is -2.21. The van der Waals surface area contributed by atoms with E-state index in [0.717, 1.165) is 6.92 Å². The summed E-state index contributed by atoms with van der Waals surface area (Å²) in [5.74, 6) is -5.05. The number of hydrogen-bond donors (Lipinski definition) is 3. The Hall–Kier alpha value is -0.930. The molecule has 0 spiro atoms. The molecule has 108 valence electrons. The number of rotatable bonds is 0. The molecule has 3 N–H and O–H groups in total. The van der Waals surface area contributed by atoms with E-state index in [2.05, 4.69) is 0 Å². The summed E-state index contributed by atoms with van der Waals surface area (Å²) in [4.78, 5) is 27.5. The van der Waals surface area contributed by atoms with Crippen molar-refractivity contribution in [3.05, 3.63) is 0 Å². The first-order chi connectivity index (χ1) is 7.62. The first-order valence-electron chi connectivity index (χ1n) is 3.42. The summed E-state index contributed by atoms with van der Waals surface area (Å²) in [5.41, 5.74) is 0. The Morgan fingerprint density at radius 2 is 1.00 bits per heavy atom.